The Morgan fingerprint density at radius 2 is 1.90 bits per heavy atom. The van der Waals surface area contributed by atoms with Gasteiger partial charge in [-0.3, -0.25) is 4.79 Å². The van der Waals surface area contributed by atoms with Gasteiger partial charge in [-0.1, -0.05) is 23.2 Å². The summed E-state index contributed by atoms with van der Waals surface area (Å²) < 4.78 is 46.4. The molecule has 0 bridgehead atoms. The molecule has 0 aromatic carbocycles. The van der Waals surface area contributed by atoms with E-state index in [1.165, 1.54) is 0 Å². The van der Waals surface area contributed by atoms with E-state index in [1.54, 1.807) is 5.32 Å². The number of nitrogens with zero attached hydrogens (tertiary/aromatic N) is 1. The van der Waals surface area contributed by atoms with Crippen LogP contribution in [0.3, 0.4) is 0 Å². The number of rotatable bonds is 3. The van der Waals surface area contributed by atoms with Crippen molar-refractivity contribution in [3.05, 3.63) is 15.1 Å². The van der Waals surface area contributed by atoms with Crippen LogP contribution in [0.2, 0.25) is 10.2 Å². The maximum absolute atomic E-state index is 12.9. The van der Waals surface area contributed by atoms with E-state index in [4.69, 9.17) is 23.2 Å². The van der Waals surface area contributed by atoms with Crippen LogP contribution in [0.1, 0.15) is 16.6 Å². The molecule has 20 heavy (non-hydrogen) atoms. The van der Waals surface area contributed by atoms with Crippen LogP contribution >= 0.6 is 34.7 Å². The number of hydrogen-bond donors (Lipinski definition) is 1. The second kappa shape index (κ2) is 5.74. The average Bonchev–Trinajstić information content (AvgIpc) is 2.67. The van der Waals surface area contributed by atoms with Gasteiger partial charge in [0, 0.05) is 0 Å². The minimum Gasteiger partial charge on any atom is -0.467 e. The van der Waals surface area contributed by atoms with Gasteiger partial charge in [-0.25, -0.2) is 4.79 Å². The lowest BCUT2D eigenvalue weighted by molar-refractivity contribution is -0.205. The van der Waals surface area contributed by atoms with Crippen molar-refractivity contribution in [2.24, 2.45) is 0 Å². The van der Waals surface area contributed by atoms with Gasteiger partial charge in [-0.15, -0.1) is 0 Å². The van der Waals surface area contributed by atoms with Gasteiger partial charge in [0.15, 0.2) is 5.15 Å². The zero-order valence-electron chi connectivity index (χ0n) is 9.97. The molecule has 0 radical (unpaired) electrons. The first-order chi connectivity index (χ1) is 9.04. The van der Waals surface area contributed by atoms with E-state index in [2.05, 4.69) is 9.11 Å². The normalized spacial score (nSPS) is 14.6. The van der Waals surface area contributed by atoms with E-state index in [0.717, 1.165) is 7.11 Å². The summed E-state index contributed by atoms with van der Waals surface area (Å²) in [6, 6.07) is 0. The molecule has 0 saturated heterocycles. The number of methoxy groups -OCH3 is 1. The van der Waals surface area contributed by atoms with Crippen LogP contribution in [-0.4, -0.2) is 35.1 Å². The van der Waals surface area contributed by atoms with Crippen molar-refractivity contribution in [3.8, 4) is 0 Å². The lowest BCUT2D eigenvalue weighted by Crippen LogP contribution is -2.62. The Kier molecular flexibility index (Phi) is 4.88. The van der Waals surface area contributed by atoms with Crippen molar-refractivity contribution in [2.75, 3.05) is 7.11 Å². The molecule has 0 aliphatic heterocycles. The third-order valence-corrected chi connectivity index (χ3v) is 4.12. The number of aromatic nitrogens is 1. The Morgan fingerprint density at radius 3 is 2.25 bits per heavy atom. The summed E-state index contributed by atoms with van der Waals surface area (Å²) in [7, 11) is 0.773. The lowest BCUT2D eigenvalue weighted by atomic mass is 10.0. The van der Waals surface area contributed by atoms with Gasteiger partial charge in [0.1, 0.15) is 9.90 Å². The fourth-order valence-electron chi connectivity index (χ4n) is 1.13. The minimum atomic E-state index is -5.06. The highest BCUT2D eigenvalue weighted by atomic mass is 35.5. The fourth-order valence-corrected chi connectivity index (χ4v) is 2.24. The number of amides is 1. The van der Waals surface area contributed by atoms with E-state index < -0.39 is 23.6 Å². The lowest BCUT2D eigenvalue weighted by Gasteiger charge is -2.29. The highest BCUT2D eigenvalue weighted by molar-refractivity contribution is 7.09. The van der Waals surface area contributed by atoms with Gasteiger partial charge >= 0.3 is 12.1 Å². The molecule has 1 unspecified atom stereocenters. The van der Waals surface area contributed by atoms with E-state index in [0.29, 0.717) is 18.5 Å². The standard InChI is InChI=1S/C9H7Cl2F3N2O3S/c1-8(7(18)19-2,9(12,13)14)15-6(17)4-3(10)5(11)16-20-4/h1-2H3,(H,15,17). The summed E-state index contributed by atoms with van der Waals surface area (Å²) in [5.41, 5.74) is -3.21. The molecule has 1 amide bonds. The van der Waals surface area contributed by atoms with Crippen molar-refractivity contribution in [2.45, 2.75) is 18.6 Å². The number of halogens is 5. The monoisotopic (exact) mass is 350 g/mol. The largest absolute Gasteiger partial charge is 0.467 e. The van der Waals surface area contributed by atoms with Crippen molar-refractivity contribution in [1.29, 1.82) is 0 Å². The van der Waals surface area contributed by atoms with Crippen LogP contribution < -0.4 is 5.32 Å². The van der Waals surface area contributed by atoms with Crippen molar-refractivity contribution in [3.63, 3.8) is 0 Å². The summed E-state index contributed by atoms with van der Waals surface area (Å²) in [5, 5.41) is 1.04. The molecule has 1 heterocycles. The summed E-state index contributed by atoms with van der Waals surface area (Å²) >= 11 is 11.6. The van der Waals surface area contributed by atoms with Crippen LogP contribution in [0, 0.1) is 0 Å². The topological polar surface area (TPSA) is 68.3 Å². The molecule has 0 saturated carbocycles. The smallest absolute Gasteiger partial charge is 0.422 e. The number of esters is 1. The fraction of sp³-hybridized carbons (Fsp3) is 0.444. The van der Waals surface area contributed by atoms with Gasteiger partial charge in [-0.2, -0.15) is 17.5 Å². The summed E-state index contributed by atoms with van der Waals surface area (Å²) in [6.45, 7) is 0.479. The number of nitrogens with one attached hydrogen (secondary N) is 1. The molecule has 0 aliphatic carbocycles. The molecule has 1 rings (SSSR count). The molecule has 11 heteroatoms. The number of carbonyl (C=O) groups is 2. The average molecular weight is 351 g/mol. The molecule has 0 aliphatic rings. The Bertz CT molecular complexity index is 549. The maximum Gasteiger partial charge on any atom is 0.422 e. The number of alkyl halides is 3. The van der Waals surface area contributed by atoms with E-state index in [9.17, 15) is 22.8 Å². The van der Waals surface area contributed by atoms with E-state index in [-0.39, 0.29) is 15.1 Å². The Labute approximate surface area is 125 Å². The first kappa shape index (κ1) is 17.0. The van der Waals surface area contributed by atoms with Crippen LogP contribution in [0.4, 0.5) is 13.2 Å². The molecule has 1 aromatic heterocycles. The molecule has 5 nitrogen and oxygen atoms in total. The second-order valence-electron chi connectivity index (χ2n) is 3.68. The Morgan fingerprint density at radius 1 is 1.35 bits per heavy atom. The maximum atomic E-state index is 12.9. The first-order valence-electron chi connectivity index (χ1n) is 4.83. The highest BCUT2D eigenvalue weighted by Crippen LogP contribution is 2.33. The second-order valence-corrected chi connectivity index (χ2v) is 5.19. The zero-order chi connectivity index (χ0) is 15.7. The Balaban J connectivity index is 3.12. The molecule has 0 spiro atoms. The molecule has 112 valence electrons. The zero-order valence-corrected chi connectivity index (χ0v) is 12.3. The first-order valence-corrected chi connectivity index (χ1v) is 6.36. The number of ether oxygens (including phenoxy) is 1. The van der Waals surface area contributed by atoms with Crippen LogP contribution in [-0.2, 0) is 9.53 Å². The molecule has 1 aromatic rings. The predicted octanol–water partition coefficient (Wildman–Crippen LogP) is 2.67. The SMILES string of the molecule is COC(=O)C(C)(NC(=O)c1snc(Cl)c1Cl)C(F)(F)F. The van der Waals surface area contributed by atoms with E-state index in [1.807, 2.05) is 0 Å². The van der Waals surface area contributed by atoms with Crippen molar-refractivity contribution in [1.82, 2.24) is 9.69 Å². The van der Waals surface area contributed by atoms with Gasteiger partial charge in [0.25, 0.3) is 5.91 Å². The van der Waals surface area contributed by atoms with Gasteiger partial charge in [0.2, 0.25) is 5.54 Å². The van der Waals surface area contributed by atoms with Gasteiger partial charge in [0.05, 0.1) is 7.11 Å². The third-order valence-electron chi connectivity index (χ3n) is 2.33. The van der Waals surface area contributed by atoms with Crippen molar-refractivity contribution >= 4 is 46.6 Å². The van der Waals surface area contributed by atoms with Crippen molar-refractivity contribution < 1.29 is 27.5 Å². The van der Waals surface area contributed by atoms with Crippen LogP contribution in [0.5, 0.6) is 0 Å². The summed E-state index contributed by atoms with van der Waals surface area (Å²) in [4.78, 5) is 22.7. The molecule has 0 fully saturated rings. The summed E-state index contributed by atoms with van der Waals surface area (Å²) in [6.07, 6.45) is -5.06. The summed E-state index contributed by atoms with van der Waals surface area (Å²) in [5.74, 6) is -2.89. The van der Waals surface area contributed by atoms with E-state index >= 15 is 0 Å². The molecule has 1 N–H and O–H groups in total. The van der Waals surface area contributed by atoms with Crippen LogP contribution in [0.15, 0.2) is 0 Å². The van der Waals surface area contributed by atoms with Crippen LogP contribution in [0.25, 0.3) is 0 Å². The minimum absolute atomic E-state index is 0.214. The predicted molar refractivity (Wildman–Crippen MR) is 66.1 cm³/mol. The molecule has 1 atom stereocenters. The molecular weight excluding hydrogens is 344 g/mol. The quantitative estimate of drug-likeness (QED) is 0.851. The number of hydrogen-bond acceptors (Lipinski definition) is 5. The van der Waals surface area contributed by atoms with Gasteiger partial charge < -0.3 is 10.1 Å². The Hall–Kier alpha value is -1.06. The molecular formula is C9H7Cl2F3N2O3S. The highest BCUT2D eigenvalue weighted by Gasteiger charge is 2.59. The van der Waals surface area contributed by atoms with Gasteiger partial charge in [-0.05, 0) is 18.5 Å². The third kappa shape index (κ3) is 2.99. The number of carbonyl (C=O) groups excluding carboxylic acids is 2.